The van der Waals surface area contributed by atoms with Crippen LogP contribution in [0.25, 0.3) is 0 Å². The number of amides is 7. The molecule has 83 heavy (non-hydrogen) atoms. The van der Waals surface area contributed by atoms with E-state index >= 15 is 0 Å². The van der Waals surface area contributed by atoms with Crippen molar-refractivity contribution in [3.63, 3.8) is 0 Å². The van der Waals surface area contributed by atoms with Crippen LogP contribution in [0, 0.1) is 5.92 Å². The smallest absolute Gasteiger partial charge is 0.327 e. The molecule has 0 saturated heterocycles. The van der Waals surface area contributed by atoms with E-state index in [1.54, 1.807) is 4.90 Å². The SMILES string of the molecule is COP(C)(=O)OC1CCC(C(=O)NCCCCC(C(=O)NCCCCCC(=O)NCCOCCOC(C)=O)N(CC(=O)NCCCCCC(=O)NCCOCCOC(C)=O)CC(=O)NCCCCCC(=O)NCCOCCOC(C)=O)CC1. The van der Waals surface area contributed by atoms with Crippen molar-refractivity contribution >= 4 is 66.9 Å². The normalized spacial score (nSPS) is 15.0. The number of ether oxygens (including phenoxy) is 6. The van der Waals surface area contributed by atoms with Crippen molar-refractivity contribution in [1.29, 1.82) is 0 Å². The summed E-state index contributed by atoms with van der Waals surface area (Å²) in [6.07, 6.45) is 9.39. The Hall–Kier alpha value is -5.31. The molecule has 2 atom stereocenters. The number of nitrogens with one attached hydrogen (secondary N) is 7. The van der Waals surface area contributed by atoms with E-state index in [0.29, 0.717) is 136 Å². The molecule has 1 aliphatic carbocycles. The highest BCUT2D eigenvalue weighted by Crippen LogP contribution is 2.46. The fourth-order valence-corrected chi connectivity index (χ4v) is 9.28. The lowest BCUT2D eigenvalue weighted by Gasteiger charge is -2.30. The fourth-order valence-electron chi connectivity index (χ4n) is 8.44. The molecule has 1 rings (SSSR count). The number of hydrogen-bond donors (Lipinski definition) is 7. The lowest BCUT2D eigenvalue weighted by atomic mass is 9.87. The Morgan fingerprint density at radius 2 is 0.819 bits per heavy atom. The molecule has 27 nitrogen and oxygen atoms in total. The average Bonchev–Trinajstić information content (AvgIpc) is 3.45. The highest BCUT2D eigenvalue weighted by atomic mass is 31.2. The second kappa shape index (κ2) is 49.0. The number of esters is 3. The molecule has 0 aromatic heterocycles. The molecule has 1 aliphatic rings. The van der Waals surface area contributed by atoms with Gasteiger partial charge in [-0.3, -0.25) is 57.4 Å². The van der Waals surface area contributed by atoms with Gasteiger partial charge in [0.25, 0.3) is 0 Å². The molecule has 478 valence electrons. The van der Waals surface area contributed by atoms with Crippen LogP contribution in [-0.2, 0) is 90.0 Å². The summed E-state index contributed by atoms with van der Waals surface area (Å²) in [5.74, 6) is -3.16. The zero-order valence-electron chi connectivity index (χ0n) is 50.0. The van der Waals surface area contributed by atoms with E-state index in [-0.39, 0.29) is 146 Å². The number of hydrogen-bond acceptors (Lipinski definition) is 20. The van der Waals surface area contributed by atoms with Gasteiger partial charge in [-0.1, -0.05) is 19.3 Å². The highest BCUT2D eigenvalue weighted by molar-refractivity contribution is 7.52. The van der Waals surface area contributed by atoms with E-state index in [0.717, 1.165) is 0 Å². The Morgan fingerprint density at radius 3 is 1.22 bits per heavy atom. The van der Waals surface area contributed by atoms with E-state index in [1.165, 1.54) is 34.5 Å². The predicted molar refractivity (Wildman–Crippen MR) is 305 cm³/mol. The lowest BCUT2D eigenvalue weighted by molar-refractivity contribution is -0.143. The van der Waals surface area contributed by atoms with Crippen LogP contribution in [0.3, 0.4) is 0 Å². The van der Waals surface area contributed by atoms with Crippen LogP contribution in [0.1, 0.15) is 143 Å². The molecule has 0 aromatic carbocycles. The van der Waals surface area contributed by atoms with Gasteiger partial charge in [-0.05, 0) is 83.5 Å². The Kier molecular flexibility index (Phi) is 44.7. The minimum Gasteiger partial charge on any atom is -0.463 e. The first kappa shape index (κ1) is 75.7. The molecule has 0 heterocycles. The van der Waals surface area contributed by atoms with Gasteiger partial charge in [-0.15, -0.1) is 0 Å². The van der Waals surface area contributed by atoms with Gasteiger partial charge in [0.1, 0.15) is 19.8 Å². The lowest BCUT2D eigenvalue weighted by Crippen LogP contribution is -2.53. The minimum absolute atomic E-state index is 0.0998. The fraction of sp³-hybridized carbons (Fsp3) is 0.818. The summed E-state index contributed by atoms with van der Waals surface area (Å²) < 4.78 is 53.3. The van der Waals surface area contributed by atoms with Crippen LogP contribution in [0.15, 0.2) is 0 Å². The molecule has 7 amide bonds. The quantitative estimate of drug-likeness (QED) is 0.0198. The van der Waals surface area contributed by atoms with Crippen LogP contribution < -0.4 is 37.2 Å². The van der Waals surface area contributed by atoms with Crippen LogP contribution in [0.2, 0.25) is 0 Å². The maximum Gasteiger partial charge on any atom is 0.327 e. The van der Waals surface area contributed by atoms with E-state index in [1.807, 2.05) is 0 Å². The topological polar surface area (TPSA) is 349 Å². The van der Waals surface area contributed by atoms with Gasteiger partial charge >= 0.3 is 25.5 Å². The number of unbranched alkanes of at least 4 members (excludes halogenated alkanes) is 7. The molecule has 0 aliphatic heterocycles. The first-order chi connectivity index (χ1) is 39.8. The van der Waals surface area contributed by atoms with Crippen molar-refractivity contribution < 1.29 is 90.0 Å². The molecular formula is C55H99N8O19P. The average molecular weight is 1210 g/mol. The van der Waals surface area contributed by atoms with Crippen LogP contribution >= 0.6 is 7.60 Å². The molecule has 28 heteroatoms. The molecule has 0 aromatic rings. The molecule has 7 N–H and O–H groups in total. The maximum atomic E-state index is 14.2. The van der Waals surface area contributed by atoms with Gasteiger partial charge in [0.15, 0.2) is 0 Å². The molecule has 1 saturated carbocycles. The summed E-state index contributed by atoms with van der Waals surface area (Å²) in [6, 6.07) is -0.920. The molecule has 0 bridgehead atoms. The molecule has 2 unspecified atom stereocenters. The van der Waals surface area contributed by atoms with Crippen LogP contribution in [0.5, 0.6) is 0 Å². The van der Waals surface area contributed by atoms with E-state index in [2.05, 4.69) is 37.2 Å². The Bertz CT molecular complexity index is 1880. The number of nitrogens with zero attached hydrogens (tertiary/aromatic N) is 1. The Labute approximate surface area is 490 Å². The largest absolute Gasteiger partial charge is 0.463 e. The standard InChI is InChI=1S/C55H99N8O19P/c1-43(64)79-38-35-76-32-29-58-49(67)18-9-6-13-25-56-52(70)41-63(42-53(71)57-26-14-7-10-19-50(68)59-30-33-77-36-39-80-44(2)65)48(17-12-16-28-61-54(72)46-21-23-47(24-22-46)82-83(5,74)75-4)55(73)62-27-15-8-11-20-51(69)60-31-34-78-37-40-81-45(3)66/h46-48H,6-42H2,1-5H3,(H,56,70)(H,57,71)(H,58,67)(H,59,68)(H,60,69)(H,61,72)(H,62,73). The van der Waals surface area contributed by atoms with Crippen molar-refractivity contribution in [3.05, 3.63) is 0 Å². The third kappa shape index (κ3) is 44.8. The Balaban J connectivity index is 2.95. The summed E-state index contributed by atoms with van der Waals surface area (Å²) in [7, 11) is -1.82. The van der Waals surface area contributed by atoms with Gasteiger partial charge < -0.3 is 74.7 Å². The van der Waals surface area contributed by atoms with Crippen molar-refractivity contribution in [2.24, 2.45) is 5.92 Å². The molecule has 0 spiro atoms. The first-order valence-corrected chi connectivity index (χ1v) is 31.4. The zero-order chi connectivity index (χ0) is 61.4. The van der Waals surface area contributed by atoms with Crippen molar-refractivity contribution in [1.82, 2.24) is 42.1 Å². The van der Waals surface area contributed by atoms with E-state index in [4.69, 9.17) is 37.5 Å². The highest BCUT2D eigenvalue weighted by Gasteiger charge is 2.31. The van der Waals surface area contributed by atoms with Gasteiger partial charge in [0.2, 0.25) is 41.4 Å². The van der Waals surface area contributed by atoms with Gasteiger partial charge in [-0.2, -0.15) is 0 Å². The third-order valence-electron chi connectivity index (χ3n) is 12.8. The predicted octanol–water partition coefficient (Wildman–Crippen LogP) is 2.11. The Morgan fingerprint density at radius 1 is 0.446 bits per heavy atom. The summed E-state index contributed by atoms with van der Waals surface area (Å²) in [6.45, 7) is 8.77. The van der Waals surface area contributed by atoms with Gasteiger partial charge in [-0.25, -0.2) is 0 Å². The second-order valence-electron chi connectivity index (χ2n) is 20.1. The minimum atomic E-state index is -3.16. The van der Waals surface area contributed by atoms with Gasteiger partial charge in [0.05, 0.1) is 64.9 Å². The zero-order valence-corrected chi connectivity index (χ0v) is 50.9. The maximum absolute atomic E-state index is 14.2. The summed E-state index contributed by atoms with van der Waals surface area (Å²) in [4.78, 5) is 126. The third-order valence-corrected chi connectivity index (χ3v) is 14.2. The van der Waals surface area contributed by atoms with Crippen LogP contribution in [0.4, 0.5) is 0 Å². The summed E-state index contributed by atoms with van der Waals surface area (Å²) in [5, 5.41) is 20.1. The number of carbonyl (C=O) groups excluding carboxylic acids is 10. The van der Waals surface area contributed by atoms with E-state index in [9.17, 15) is 52.5 Å². The van der Waals surface area contributed by atoms with Crippen molar-refractivity contribution in [2.45, 2.75) is 155 Å². The van der Waals surface area contributed by atoms with Crippen molar-refractivity contribution in [2.75, 3.05) is 132 Å². The van der Waals surface area contributed by atoms with Crippen molar-refractivity contribution in [3.8, 4) is 0 Å². The molecular weight excluding hydrogens is 1110 g/mol. The molecule has 0 radical (unpaired) electrons. The first-order valence-electron chi connectivity index (χ1n) is 29.4. The summed E-state index contributed by atoms with van der Waals surface area (Å²) >= 11 is 0. The van der Waals surface area contributed by atoms with Crippen LogP contribution in [-0.4, -0.2) is 208 Å². The van der Waals surface area contributed by atoms with E-state index < -0.39 is 43.4 Å². The number of rotatable bonds is 51. The monoisotopic (exact) mass is 1210 g/mol. The number of carbonyl (C=O) groups is 10. The summed E-state index contributed by atoms with van der Waals surface area (Å²) in [5.41, 5.74) is 0. The van der Waals surface area contributed by atoms with Gasteiger partial charge in [0, 0.05) is 106 Å². The molecule has 1 fully saturated rings. The second-order valence-corrected chi connectivity index (χ2v) is 22.2.